The summed E-state index contributed by atoms with van der Waals surface area (Å²) in [6, 6.07) is -1.08. The minimum Gasteiger partial charge on any atom is -0.480 e. The van der Waals surface area contributed by atoms with Crippen molar-refractivity contribution in [2.45, 2.75) is 18.5 Å². The van der Waals surface area contributed by atoms with E-state index in [9.17, 15) is 14.7 Å². The molecule has 4 atom stereocenters. The van der Waals surface area contributed by atoms with E-state index in [2.05, 4.69) is 10.1 Å². The number of carbonyl (C=O) groups is 2. The molecule has 3 aliphatic rings. The van der Waals surface area contributed by atoms with Gasteiger partial charge in [-0.25, -0.2) is 9.80 Å². The highest BCUT2D eigenvalue weighted by atomic mass is 16.4. The highest BCUT2D eigenvalue weighted by Gasteiger charge is 2.48. The van der Waals surface area contributed by atoms with E-state index in [0.717, 1.165) is 0 Å². The van der Waals surface area contributed by atoms with Crippen LogP contribution >= 0.6 is 0 Å². The lowest BCUT2D eigenvalue weighted by atomic mass is 9.90. The van der Waals surface area contributed by atoms with Gasteiger partial charge in [-0.15, -0.1) is 0 Å². The third-order valence-electron chi connectivity index (χ3n) is 3.51. The molecule has 3 rings (SSSR count). The van der Waals surface area contributed by atoms with Crippen LogP contribution in [0.1, 0.15) is 6.42 Å². The van der Waals surface area contributed by atoms with E-state index in [0.29, 0.717) is 6.42 Å². The topological polar surface area (TPSA) is 103 Å². The number of nitrogens with zero attached hydrogens (tertiary/aromatic N) is 3. The van der Waals surface area contributed by atoms with E-state index in [4.69, 9.17) is 5.11 Å². The van der Waals surface area contributed by atoms with Crippen molar-refractivity contribution in [3.63, 3.8) is 0 Å². The lowest BCUT2D eigenvalue weighted by molar-refractivity contribution is -0.141. The number of amidine groups is 1. The first-order valence-electron chi connectivity index (χ1n) is 5.63. The molecule has 2 heterocycles. The first-order chi connectivity index (χ1) is 8.59. The van der Waals surface area contributed by atoms with E-state index < -0.39 is 23.9 Å². The van der Waals surface area contributed by atoms with Gasteiger partial charge in [0.25, 0.3) is 0 Å². The molecular formula is C11H11N3O4. The number of hydrazone groups is 1. The maximum atomic E-state index is 11.2. The van der Waals surface area contributed by atoms with Crippen molar-refractivity contribution in [2.24, 2.45) is 21.9 Å². The highest BCUT2D eigenvalue weighted by molar-refractivity contribution is 6.16. The quantitative estimate of drug-likeness (QED) is 0.660. The zero-order valence-corrected chi connectivity index (χ0v) is 9.30. The second kappa shape index (κ2) is 3.66. The summed E-state index contributed by atoms with van der Waals surface area (Å²) in [7, 11) is 0. The summed E-state index contributed by atoms with van der Waals surface area (Å²) >= 11 is 0. The van der Waals surface area contributed by atoms with Gasteiger partial charge in [0.15, 0.2) is 12.0 Å². The normalized spacial score (nSPS) is 36.2. The summed E-state index contributed by atoms with van der Waals surface area (Å²) in [5, 5.41) is 23.8. The van der Waals surface area contributed by atoms with Gasteiger partial charge in [0.05, 0.1) is 6.04 Å². The van der Waals surface area contributed by atoms with Crippen LogP contribution in [0.15, 0.2) is 22.2 Å². The van der Waals surface area contributed by atoms with Crippen LogP contribution in [0.5, 0.6) is 0 Å². The maximum absolute atomic E-state index is 11.2. The average molecular weight is 249 g/mol. The van der Waals surface area contributed by atoms with Crippen LogP contribution < -0.4 is 0 Å². The average Bonchev–Trinajstić information content (AvgIpc) is 2.93. The summed E-state index contributed by atoms with van der Waals surface area (Å²) in [6.45, 7) is 0. The molecule has 2 N–H and O–H groups in total. The van der Waals surface area contributed by atoms with Gasteiger partial charge in [-0.3, -0.25) is 9.79 Å². The molecule has 4 unspecified atom stereocenters. The van der Waals surface area contributed by atoms with Crippen LogP contribution in [0.25, 0.3) is 0 Å². The Bertz CT molecular complexity index is 510. The van der Waals surface area contributed by atoms with Crippen molar-refractivity contribution in [3.8, 4) is 0 Å². The molecule has 0 aromatic carbocycles. The molecule has 18 heavy (non-hydrogen) atoms. The molecule has 0 fully saturated rings. The fourth-order valence-electron chi connectivity index (χ4n) is 2.66. The van der Waals surface area contributed by atoms with Gasteiger partial charge in [0.2, 0.25) is 0 Å². The zero-order valence-electron chi connectivity index (χ0n) is 9.30. The van der Waals surface area contributed by atoms with Gasteiger partial charge < -0.3 is 10.2 Å². The fraction of sp³-hybridized carbons (Fsp3) is 0.455. The first-order valence-corrected chi connectivity index (χ1v) is 5.63. The Morgan fingerprint density at radius 1 is 1.33 bits per heavy atom. The summed E-state index contributed by atoms with van der Waals surface area (Å²) < 4.78 is 0. The molecule has 0 spiro atoms. The van der Waals surface area contributed by atoms with E-state index >= 15 is 0 Å². The molecule has 7 nitrogen and oxygen atoms in total. The Labute approximate surface area is 102 Å². The smallest absolute Gasteiger partial charge is 0.328 e. The number of aliphatic imine (C=N–C) groups is 1. The summed E-state index contributed by atoms with van der Waals surface area (Å²) in [5.41, 5.74) is 0. The summed E-state index contributed by atoms with van der Waals surface area (Å²) in [6.07, 6.45) is 5.70. The molecule has 0 saturated heterocycles. The number of hydrogen-bond donors (Lipinski definition) is 2. The molecule has 0 radical (unpaired) electrons. The predicted octanol–water partition coefficient (Wildman–Crippen LogP) is -0.201. The second-order valence-corrected chi connectivity index (χ2v) is 4.51. The van der Waals surface area contributed by atoms with Crippen molar-refractivity contribution in [2.75, 3.05) is 0 Å². The molecule has 2 aliphatic heterocycles. The summed E-state index contributed by atoms with van der Waals surface area (Å²) in [4.78, 5) is 26.4. The van der Waals surface area contributed by atoms with Crippen LogP contribution in [-0.2, 0) is 9.59 Å². The molecule has 94 valence electrons. The molecule has 0 aromatic rings. The molecule has 0 aromatic heterocycles. The predicted molar refractivity (Wildman–Crippen MR) is 61.4 cm³/mol. The number of aliphatic carboxylic acids is 2. The number of hydrogen-bond acceptors (Lipinski definition) is 5. The minimum atomic E-state index is -1.07. The zero-order chi connectivity index (χ0) is 12.9. The number of carboxylic acid groups (broad SMARTS) is 2. The van der Waals surface area contributed by atoms with Crippen LogP contribution in [0, 0.1) is 11.8 Å². The fourth-order valence-corrected chi connectivity index (χ4v) is 2.66. The van der Waals surface area contributed by atoms with E-state index in [1.54, 1.807) is 0 Å². The van der Waals surface area contributed by atoms with Gasteiger partial charge >= 0.3 is 11.9 Å². The Morgan fingerprint density at radius 3 is 2.78 bits per heavy atom. The molecule has 1 aliphatic carbocycles. The second-order valence-electron chi connectivity index (χ2n) is 4.51. The van der Waals surface area contributed by atoms with E-state index in [-0.39, 0.29) is 17.8 Å². The number of allylic oxidation sites excluding steroid dienone is 1. The van der Waals surface area contributed by atoms with Gasteiger partial charge in [0.1, 0.15) is 5.84 Å². The Morgan fingerprint density at radius 2 is 2.11 bits per heavy atom. The lowest BCUT2D eigenvalue weighted by Gasteiger charge is -2.35. The molecule has 0 bridgehead atoms. The van der Waals surface area contributed by atoms with Crippen LogP contribution in [0.2, 0.25) is 0 Å². The molecule has 0 amide bonds. The maximum Gasteiger partial charge on any atom is 0.328 e. The van der Waals surface area contributed by atoms with Crippen molar-refractivity contribution < 1.29 is 19.8 Å². The molecular weight excluding hydrogens is 238 g/mol. The van der Waals surface area contributed by atoms with E-state index in [1.807, 2.05) is 12.2 Å². The van der Waals surface area contributed by atoms with Gasteiger partial charge in [-0.2, -0.15) is 5.10 Å². The van der Waals surface area contributed by atoms with Crippen molar-refractivity contribution in [3.05, 3.63) is 12.2 Å². The third kappa shape index (κ3) is 1.36. The number of rotatable bonds is 2. The molecule has 0 saturated carbocycles. The van der Waals surface area contributed by atoms with Crippen LogP contribution in [0.4, 0.5) is 0 Å². The Balaban J connectivity index is 2.03. The number of carboxylic acids is 2. The Kier molecular flexibility index (Phi) is 2.22. The standard InChI is InChI=1S/C11H11N3O4/c15-10(16)6-4-12-14-7-3-1-2-5(7)8(11(17)18)13-9(6)14/h1,3-8H,2H2,(H,15,16)(H,17,18). The largest absolute Gasteiger partial charge is 0.480 e. The first kappa shape index (κ1) is 10.9. The highest BCUT2D eigenvalue weighted by Crippen LogP contribution is 2.35. The molecule has 7 heteroatoms. The minimum absolute atomic E-state index is 0.170. The number of fused-ring (bicyclic) bond motifs is 3. The van der Waals surface area contributed by atoms with Crippen molar-refractivity contribution in [1.82, 2.24) is 5.01 Å². The van der Waals surface area contributed by atoms with Crippen molar-refractivity contribution in [1.29, 1.82) is 0 Å². The van der Waals surface area contributed by atoms with Gasteiger partial charge in [-0.1, -0.05) is 12.2 Å². The van der Waals surface area contributed by atoms with Crippen LogP contribution in [0.3, 0.4) is 0 Å². The lowest BCUT2D eigenvalue weighted by Crippen LogP contribution is -2.50. The summed E-state index contributed by atoms with van der Waals surface area (Å²) in [5.74, 6) is -2.97. The third-order valence-corrected chi connectivity index (χ3v) is 3.51. The van der Waals surface area contributed by atoms with Gasteiger partial charge in [0, 0.05) is 12.1 Å². The van der Waals surface area contributed by atoms with E-state index in [1.165, 1.54) is 11.2 Å². The Hall–Kier alpha value is -2.18. The van der Waals surface area contributed by atoms with Crippen molar-refractivity contribution >= 4 is 24.0 Å². The van der Waals surface area contributed by atoms with Crippen LogP contribution in [-0.4, -0.2) is 51.3 Å². The van der Waals surface area contributed by atoms with Gasteiger partial charge in [-0.05, 0) is 6.42 Å². The SMILES string of the molecule is O=C(O)C1C=NN2C1=NC(C(=O)O)C1CC=CC12. The monoisotopic (exact) mass is 249 g/mol.